The van der Waals surface area contributed by atoms with Crippen LogP contribution in [0, 0.1) is 17.3 Å². The van der Waals surface area contributed by atoms with Crippen molar-refractivity contribution in [1.29, 1.82) is 0 Å². The number of anilines is 1. The third-order valence-electron chi connectivity index (χ3n) is 10.8. The standard InChI is InChI=1S/C34H35F5N2O3/c1-31-17-26(20-8-6-19(7-9-20)18-41-28-5-3-2-4-25(28)30(40)43)29-23-13-11-22(42)16-21(23)10-12-24(29)27(31)14-15-32(31,44)33(35,36)34(37,38)39/h2-9,16,24,26-27,41,44H,10-15,17-18H2,1H3,(H2,40,43)/t24?,26-,27?,31+,32-/m1/s1. The number of benzene rings is 2. The molecule has 4 N–H and O–H groups in total. The number of para-hydroxylation sites is 1. The van der Waals surface area contributed by atoms with E-state index in [0.29, 0.717) is 43.5 Å². The largest absolute Gasteiger partial charge is 0.456 e. The molecule has 5 nitrogen and oxygen atoms in total. The van der Waals surface area contributed by atoms with E-state index in [1.54, 1.807) is 30.3 Å². The molecule has 0 saturated heterocycles. The van der Waals surface area contributed by atoms with E-state index in [4.69, 9.17) is 5.73 Å². The van der Waals surface area contributed by atoms with E-state index in [9.17, 15) is 27.9 Å². The molecule has 0 heterocycles. The van der Waals surface area contributed by atoms with Crippen LogP contribution >= 0.6 is 0 Å². The van der Waals surface area contributed by atoms with E-state index < -0.39 is 47.3 Å². The molecule has 4 aliphatic rings. The smallest absolute Gasteiger partial charge is 0.383 e. The number of allylic oxidation sites excluding steroid dienone is 4. The minimum absolute atomic E-state index is 0.0369. The summed E-state index contributed by atoms with van der Waals surface area (Å²) in [5, 5.41) is 14.6. The van der Waals surface area contributed by atoms with Gasteiger partial charge in [0.15, 0.2) is 5.78 Å². The van der Waals surface area contributed by atoms with Crippen molar-refractivity contribution < 1.29 is 36.6 Å². The fourth-order valence-corrected chi connectivity index (χ4v) is 8.63. The molecule has 0 aromatic heterocycles. The van der Waals surface area contributed by atoms with E-state index in [-0.39, 0.29) is 24.5 Å². The van der Waals surface area contributed by atoms with E-state index in [1.807, 2.05) is 24.3 Å². The Balaban J connectivity index is 1.38. The molecule has 6 rings (SSSR count). The quantitative estimate of drug-likeness (QED) is 0.300. The molecule has 10 heteroatoms. The normalized spacial score (nSPS) is 30.3. The highest BCUT2D eigenvalue weighted by Gasteiger charge is 2.79. The Morgan fingerprint density at radius 3 is 2.41 bits per heavy atom. The first kappa shape index (κ1) is 30.5. The zero-order valence-electron chi connectivity index (χ0n) is 24.3. The van der Waals surface area contributed by atoms with E-state index in [2.05, 4.69) is 5.32 Å². The average Bonchev–Trinajstić information content (AvgIpc) is 3.26. The van der Waals surface area contributed by atoms with Gasteiger partial charge >= 0.3 is 12.1 Å². The summed E-state index contributed by atoms with van der Waals surface area (Å²) in [6.07, 6.45) is -2.93. The lowest BCUT2D eigenvalue weighted by molar-refractivity contribution is -0.362. The first-order valence-corrected chi connectivity index (χ1v) is 15.0. The van der Waals surface area contributed by atoms with Gasteiger partial charge in [-0.2, -0.15) is 22.0 Å². The molecule has 0 spiro atoms. The highest BCUT2D eigenvalue weighted by atomic mass is 19.4. The number of fused-ring (bicyclic) bond motifs is 4. The minimum atomic E-state index is -5.89. The number of hydrogen-bond donors (Lipinski definition) is 3. The number of ketones is 1. The van der Waals surface area contributed by atoms with Gasteiger partial charge in [0.2, 0.25) is 0 Å². The van der Waals surface area contributed by atoms with E-state index in [0.717, 1.165) is 27.8 Å². The maximum absolute atomic E-state index is 15.2. The number of hydrogen-bond acceptors (Lipinski definition) is 4. The molecular weight excluding hydrogens is 579 g/mol. The number of nitrogens with two attached hydrogens (primary N) is 1. The van der Waals surface area contributed by atoms with E-state index in [1.165, 1.54) is 6.92 Å². The predicted molar refractivity (Wildman–Crippen MR) is 155 cm³/mol. The Labute approximate surface area is 252 Å². The molecule has 2 aromatic carbocycles. The average molecular weight is 615 g/mol. The van der Waals surface area contributed by atoms with Gasteiger partial charge in [0.05, 0.1) is 5.56 Å². The molecule has 5 atom stereocenters. The second-order valence-electron chi connectivity index (χ2n) is 13.0. The van der Waals surface area contributed by atoms with Crippen molar-refractivity contribution >= 4 is 17.4 Å². The van der Waals surface area contributed by atoms with Crippen LogP contribution in [0.3, 0.4) is 0 Å². The van der Waals surface area contributed by atoms with Crippen molar-refractivity contribution in [1.82, 2.24) is 0 Å². The van der Waals surface area contributed by atoms with Crippen molar-refractivity contribution in [2.24, 2.45) is 23.0 Å². The number of aliphatic hydroxyl groups is 1. The highest BCUT2D eigenvalue weighted by molar-refractivity contribution is 5.98. The minimum Gasteiger partial charge on any atom is -0.383 e. The van der Waals surface area contributed by atoms with Gasteiger partial charge in [-0.25, -0.2) is 0 Å². The van der Waals surface area contributed by atoms with Crippen LogP contribution in [0.25, 0.3) is 0 Å². The zero-order chi connectivity index (χ0) is 31.7. The third-order valence-corrected chi connectivity index (χ3v) is 10.8. The molecular formula is C34H35F5N2O3. The van der Waals surface area contributed by atoms with Crippen molar-refractivity contribution in [2.75, 3.05) is 5.32 Å². The number of carbonyl (C=O) groups excluding carboxylic acids is 2. The Morgan fingerprint density at radius 2 is 1.73 bits per heavy atom. The van der Waals surface area contributed by atoms with Gasteiger partial charge in [0.1, 0.15) is 5.60 Å². The van der Waals surface area contributed by atoms with Crippen LogP contribution in [0.15, 0.2) is 71.3 Å². The molecule has 2 aromatic rings. The Morgan fingerprint density at radius 1 is 1.02 bits per heavy atom. The lowest BCUT2D eigenvalue weighted by atomic mass is 9.50. The first-order valence-electron chi connectivity index (χ1n) is 15.0. The second-order valence-corrected chi connectivity index (χ2v) is 13.0. The van der Waals surface area contributed by atoms with Crippen LogP contribution in [-0.4, -0.2) is 34.5 Å². The molecule has 234 valence electrons. The zero-order valence-corrected chi connectivity index (χ0v) is 24.3. The molecule has 2 unspecified atom stereocenters. The summed E-state index contributed by atoms with van der Waals surface area (Å²) >= 11 is 0. The van der Waals surface area contributed by atoms with Crippen LogP contribution in [0.2, 0.25) is 0 Å². The van der Waals surface area contributed by atoms with Crippen LogP contribution in [0.5, 0.6) is 0 Å². The molecule has 1 amide bonds. The molecule has 44 heavy (non-hydrogen) atoms. The van der Waals surface area contributed by atoms with Crippen LogP contribution in [0.1, 0.15) is 79.3 Å². The fourth-order valence-electron chi connectivity index (χ4n) is 8.63. The maximum atomic E-state index is 15.2. The van der Waals surface area contributed by atoms with Crippen LogP contribution < -0.4 is 11.1 Å². The summed E-state index contributed by atoms with van der Waals surface area (Å²) in [7, 11) is 0. The predicted octanol–water partition coefficient (Wildman–Crippen LogP) is 7.23. The molecule has 2 saturated carbocycles. The topological polar surface area (TPSA) is 92.4 Å². The van der Waals surface area contributed by atoms with Gasteiger partial charge in [-0.3, -0.25) is 9.59 Å². The van der Waals surface area contributed by atoms with Gasteiger partial charge in [-0.05, 0) is 90.8 Å². The summed E-state index contributed by atoms with van der Waals surface area (Å²) in [5.74, 6) is -7.12. The molecule has 0 bridgehead atoms. The summed E-state index contributed by atoms with van der Waals surface area (Å²) in [5.41, 5.74) is 6.07. The number of nitrogens with one attached hydrogen (secondary N) is 1. The van der Waals surface area contributed by atoms with E-state index >= 15 is 8.78 Å². The molecule has 2 fully saturated rings. The maximum Gasteiger partial charge on any atom is 0.456 e. The van der Waals surface area contributed by atoms with Gasteiger partial charge in [-0.1, -0.05) is 48.9 Å². The fraction of sp³-hybridized carbons (Fsp3) is 0.471. The number of amides is 1. The Hall–Kier alpha value is -3.53. The molecule has 0 aliphatic heterocycles. The lowest BCUT2D eigenvalue weighted by Crippen LogP contribution is -2.65. The van der Waals surface area contributed by atoms with Gasteiger partial charge < -0.3 is 16.2 Å². The third kappa shape index (κ3) is 4.59. The second kappa shape index (κ2) is 10.5. The van der Waals surface area contributed by atoms with Crippen molar-refractivity contribution in [3.05, 3.63) is 88.0 Å². The molecule has 4 aliphatic carbocycles. The Bertz CT molecular complexity index is 1560. The number of alkyl halides is 5. The summed E-state index contributed by atoms with van der Waals surface area (Å²) < 4.78 is 71.7. The van der Waals surface area contributed by atoms with Crippen molar-refractivity contribution in [2.45, 2.75) is 82.0 Å². The van der Waals surface area contributed by atoms with Gasteiger partial charge in [0.25, 0.3) is 5.91 Å². The first-order chi connectivity index (χ1) is 20.7. The van der Waals surface area contributed by atoms with Crippen molar-refractivity contribution in [3.63, 3.8) is 0 Å². The lowest BCUT2D eigenvalue weighted by Gasteiger charge is -2.56. The molecule has 0 radical (unpaired) electrons. The Kier molecular flexibility index (Phi) is 7.30. The highest BCUT2D eigenvalue weighted by Crippen LogP contribution is 2.70. The number of rotatable bonds is 6. The van der Waals surface area contributed by atoms with Gasteiger partial charge in [-0.15, -0.1) is 0 Å². The monoisotopic (exact) mass is 614 g/mol. The SMILES string of the molecule is C[C@]12C[C@H](c3ccc(CNc4ccccc4C(N)=O)cc3)C3=C4CCC(=O)C=C4CCC3C1CC[C@]2(O)C(F)(F)C(F)(F)F. The number of halogens is 5. The van der Waals surface area contributed by atoms with Crippen LogP contribution in [-0.2, 0) is 11.3 Å². The summed E-state index contributed by atoms with van der Waals surface area (Å²) in [6.45, 7) is 1.78. The summed E-state index contributed by atoms with van der Waals surface area (Å²) in [6, 6.07) is 14.3. The van der Waals surface area contributed by atoms with Crippen molar-refractivity contribution in [3.8, 4) is 0 Å². The number of primary amides is 1. The summed E-state index contributed by atoms with van der Waals surface area (Å²) in [4.78, 5) is 24.0. The van der Waals surface area contributed by atoms with Crippen LogP contribution in [0.4, 0.5) is 27.6 Å². The van der Waals surface area contributed by atoms with Gasteiger partial charge in [0, 0.05) is 30.0 Å². The number of carbonyl (C=O) groups is 2.